The summed E-state index contributed by atoms with van der Waals surface area (Å²) in [5, 5.41) is 7.93. The molecule has 2 aromatic carbocycles. The average Bonchev–Trinajstić information content (AvgIpc) is 2.99. The van der Waals surface area contributed by atoms with Crippen LogP contribution < -0.4 is 10.9 Å². The van der Waals surface area contributed by atoms with Gasteiger partial charge in [0.15, 0.2) is 0 Å². The molecule has 2 aliphatic heterocycles. The van der Waals surface area contributed by atoms with E-state index in [0.29, 0.717) is 27.7 Å². The van der Waals surface area contributed by atoms with E-state index in [1.165, 1.54) is 11.6 Å². The molecule has 2 N–H and O–H groups in total. The van der Waals surface area contributed by atoms with Gasteiger partial charge >= 0.3 is 0 Å². The fraction of sp³-hybridized carbons (Fsp3) is 0.0952. The molecular weight excluding hydrogens is 376 g/mol. The summed E-state index contributed by atoms with van der Waals surface area (Å²) in [4.78, 5) is 27.3. The number of anilines is 1. The Kier molecular flexibility index (Phi) is 4.49. The van der Waals surface area contributed by atoms with Gasteiger partial charge in [0.1, 0.15) is 5.69 Å². The lowest BCUT2D eigenvalue weighted by molar-refractivity contribution is -0.114. The van der Waals surface area contributed by atoms with Gasteiger partial charge in [0.25, 0.3) is 5.56 Å². The van der Waals surface area contributed by atoms with Crippen LogP contribution in [0.2, 0.25) is 5.02 Å². The van der Waals surface area contributed by atoms with Crippen LogP contribution >= 0.6 is 11.6 Å². The number of carbonyl (C=O) groups is 1. The van der Waals surface area contributed by atoms with Gasteiger partial charge in [-0.05, 0) is 48.9 Å². The Labute approximate surface area is 166 Å². The van der Waals surface area contributed by atoms with Gasteiger partial charge in [-0.1, -0.05) is 23.7 Å². The Bertz CT molecular complexity index is 1190. The molecule has 0 saturated heterocycles. The van der Waals surface area contributed by atoms with Crippen LogP contribution in [0.3, 0.4) is 0 Å². The predicted molar refractivity (Wildman–Crippen MR) is 110 cm³/mol. The molecule has 0 spiro atoms. The number of carbonyl (C=O) groups excluding carboxylic acids is 1. The summed E-state index contributed by atoms with van der Waals surface area (Å²) in [6.45, 7) is 3.40. The molecule has 0 radical (unpaired) electrons. The van der Waals surface area contributed by atoms with Crippen molar-refractivity contribution >= 4 is 23.2 Å². The molecular formula is C21H17ClN4O2. The van der Waals surface area contributed by atoms with E-state index in [2.05, 4.69) is 15.4 Å². The summed E-state index contributed by atoms with van der Waals surface area (Å²) in [6, 6.07) is 14.4. The SMILES string of the molecule is CC(=O)Nc1ccc(-c2c3nn(-c4ccc(Cl)cc4)c(=O)c-3c[nH]c2C)cc1. The second kappa shape index (κ2) is 6.98. The summed E-state index contributed by atoms with van der Waals surface area (Å²) < 4.78 is 1.38. The van der Waals surface area contributed by atoms with Crippen LogP contribution in [-0.4, -0.2) is 20.7 Å². The fourth-order valence-corrected chi connectivity index (χ4v) is 3.32. The molecule has 4 rings (SSSR count). The lowest BCUT2D eigenvalue weighted by Crippen LogP contribution is -2.14. The first-order chi connectivity index (χ1) is 13.4. The molecule has 0 aliphatic carbocycles. The number of amides is 1. The first-order valence-electron chi connectivity index (χ1n) is 8.69. The number of rotatable bonds is 3. The largest absolute Gasteiger partial charge is 0.364 e. The molecule has 2 heterocycles. The molecule has 6 nitrogen and oxygen atoms in total. The summed E-state index contributed by atoms with van der Waals surface area (Å²) in [7, 11) is 0. The minimum atomic E-state index is -0.204. The zero-order valence-electron chi connectivity index (χ0n) is 15.3. The number of aryl methyl sites for hydroxylation is 1. The number of halogens is 1. The Morgan fingerprint density at radius 1 is 1.11 bits per heavy atom. The van der Waals surface area contributed by atoms with E-state index >= 15 is 0 Å². The Morgan fingerprint density at radius 3 is 2.43 bits per heavy atom. The van der Waals surface area contributed by atoms with E-state index in [1.807, 2.05) is 31.2 Å². The highest BCUT2D eigenvalue weighted by Gasteiger charge is 2.22. The molecule has 7 heteroatoms. The van der Waals surface area contributed by atoms with Crippen molar-refractivity contribution in [1.82, 2.24) is 14.8 Å². The van der Waals surface area contributed by atoms with E-state index < -0.39 is 0 Å². The minimum Gasteiger partial charge on any atom is -0.364 e. The maximum atomic E-state index is 12.9. The number of hydrogen-bond donors (Lipinski definition) is 2. The standard InChI is InChI=1S/C21H17ClN4O2/c1-12-19(14-3-7-16(8-4-14)24-13(2)27)20-18(11-23-12)21(28)26(25-20)17-9-5-15(22)6-10-17/h3-11,23H,1-2H3,(H,24,27). The molecule has 0 saturated carbocycles. The Hall–Kier alpha value is -3.38. The molecule has 2 aliphatic rings. The van der Waals surface area contributed by atoms with Crippen molar-refractivity contribution in [2.75, 3.05) is 5.32 Å². The van der Waals surface area contributed by atoms with Gasteiger partial charge in [-0.25, -0.2) is 0 Å². The van der Waals surface area contributed by atoms with Gasteiger partial charge in [-0.3, -0.25) is 9.59 Å². The quantitative estimate of drug-likeness (QED) is 0.547. The van der Waals surface area contributed by atoms with Gasteiger partial charge in [0, 0.05) is 35.1 Å². The third kappa shape index (κ3) is 3.18. The molecule has 1 amide bonds. The van der Waals surface area contributed by atoms with E-state index in [-0.39, 0.29) is 11.5 Å². The van der Waals surface area contributed by atoms with Crippen LogP contribution in [0.5, 0.6) is 0 Å². The second-order valence-corrected chi connectivity index (χ2v) is 6.94. The van der Waals surface area contributed by atoms with Gasteiger partial charge < -0.3 is 10.3 Å². The topological polar surface area (TPSA) is 79.8 Å². The monoisotopic (exact) mass is 392 g/mol. The van der Waals surface area contributed by atoms with Crippen LogP contribution in [-0.2, 0) is 4.79 Å². The van der Waals surface area contributed by atoms with Crippen molar-refractivity contribution in [2.45, 2.75) is 13.8 Å². The number of pyridine rings is 1. The van der Waals surface area contributed by atoms with Gasteiger partial charge in [-0.15, -0.1) is 0 Å². The average molecular weight is 393 g/mol. The normalized spacial score (nSPS) is 11.0. The van der Waals surface area contributed by atoms with Crippen molar-refractivity contribution in [2.24, 2.45) is 0 Å². The molecule has 140 valence electrons. The lowest BCUT2D eigenvalue weighted by atomic mass is 9.98. The maximum absolute atomic E-state index is 12.9. The van der Waals surface area contributed by atoms with Crippen LogP contribution in [0.4, 0.5) is 5.69 Å². The highest BCUT2D eigenvalue weighted by atomic mass is 35.5. The minimum absolute atomic E-state index is 0.128. The number of nitrogens with zero attached hydrogens (tertiary/aromatic N) is 2. The molecule has 0 unspecified atom stereocenters. The van der Waals surface area contributed by atoms with Gasteiger partial charge in [0.2, 0.25) is 5.91 Å². The molecule has 0 bridgehead atoms. The number of fused-ring (bicyclic) bond motifs is 1. The first-order valence-corrected chi connectivity index (χ1v) is 9.07. The molecule has 0 fully saturated rings. The zero-order chi connectivity index (χ0) is 19.8. The first kappa shape index (κ1) is 18.0. The molecule has 0 atom stereocenters. The highest BCUT2D eigenvalue weighted by Crippen LogP contribution is 2.33. The van der Waals surface area contributed by atoms with E-state index in [4.69, 9.17) is 11.6 Å². The Balaban J connectivity index is 1.86. The smallest absolute Gasteiger partial charge is 0.282 e. The highest BCUT2D eigenvalue weighted by molar-refractivity contribution is 6.30. The zero-order valence-corrected chi connectivity index (χ0v) is 16.0. The lowest BCUT2D eigenvalue weighted by Gasteiger charge is -2.11. The van der Waals surface area contributed by atoms with Crippen molar-refractivity contribution in [3.8, 4) is 28.1 Å². The van der Waals surface area contributed by atoms with Crippen molar-refractivity contribution < 1.29 is 4.79 Å². The Morgan fingerprint density at radius 2 is 1.79 bits per heavy atom. The summed E-state index contributed by atoms with van der Waals surface area (Å²) in [5.74, 6) is -0.128. The number of aromatic amines is 1. The fourth-order valence-electron chi connectivity index (χ4n) is 3.19. The third-order valence-corrected chi connectivity index (χ3v) is 4.74. The second-order valence-electron chi connectivity index (χ2n) is 6.50. The third-order valence-electron chi connectivity index (χ3n) is 4.49. The number of aromatic nitrogens is 3. The summed E-state index contributed by atoms with van der Waals surface area (Å²) >= 11 is 5.95. The van der Waals surface area contributed by atoms with Crippen LogP contribution in [0.15, 0.2) is 59.5 Å². The van der Waals surface area contributed by atoms with Gasteiger partial charge in [0.05, 0.1) is 11.3 Å². The van der Waals surface area contributed by atoms with Crippen LogP contribution in [0.1, 0.15) is 12.6 Å². The van der Waals surface area contributed by atoms with E-state index in [9.17, 15) is 9.59 Å². The van der Waals surface area contributed by atoms with E-state index in [1.54, 1.807) is 30.5 Å². The van der Waals surface area contributed by atoms with E-state index in [0.717, 1.165) is 16.8 Å². The number of nitrogens with one attached hydrogen (secondary N) is 2. The van der Waals surface area contributed by atoms with Crippen LogP contribution in [0, 0.1) is 6.92 Å². The molecule has 2 aromatic rings. The molecule has 0 aromatic heterocycles. The molecule has 28 heavy (non-hydrogen) atoms. The van der Waals surface area contributed by atoms with Crippen LogP contribution in [0.25, 0.3) is 28.1 Å². The van der Waals surface area contributed by atoms with Crippen molar-refractivity contribution in [3.05, 3.63) is 75.8 Å². The predicted octanol–water partition coefficient (Wildman–Crippen LogP) is 4.25. The summed E-state index contributed by atoms with van der Waals surface area (Å²) in [6.07, 6.45) is 1.68. The number of hydrogen-bond acceptors (Lipinski definition) is 3. The summed E-state index contributed by atoms with van der Waals surface area (Å²) in [5.41, 5.74) is 4.90. The number of benzene rings is 2. The van der Waals surface area contributed by atoms with Gasteiger partial charge in [-0.2, -0.15) is 9.78 Å². The number of H-pyrrole nitrogens is 1. The van der Waals surface area contributed by atoms with Crippen molar-refractivity contribution in [1.29, 1.82) is 0 Å². The van der Waals surface area contributed by atoms with Crippen molar-refractivity contribution in [3.63, 3.8) is 0 Å². The maximum Gasteiger partial charge on any atom is 0.282 e.